The molecule has 1 aliphatic heterocycles. The molecule has 9 heteroatoms. The van der Waals surface area contributed by atoms with E-state index in [1.165, 1.54) is 23.8 Å². The smallest absolute Gasteiger partial charge is 0.273 e. The second-order valence-electron chi connectivity index (χ2n) is 7.05. The van der Waals surface area contributed by atoms with Gasteiger partial charge in [0.25, 0.3) is 11.8 Å². The Kier molecular flexibility index (Phi) is 8.02. The fourth-order valence-corrected chi connectivity index (χ4v) is 4.30. The highest BCUT2D eigenvalue weighted by molar-refractivity contribution is 8.26. The highest BCUT2D eigenvalue weighted by Crippen LogP contribution is 2.32. The number of nitrogens with one attached hydrogen (secondary N) is 2. The first-order valence-corrected chi connectivity index (χ1v) is 11.2. The van der Waals surface area contributed by atoms with Crippen molar-refractivity contribution in [2.45, 2.75) is 19.8 Å². The minimum absolute atomic E-state index is 0.125. The quantitative estimate of drug-likeness (QED) is 0.367. The van der Waals surface area contributed by atoms with Crippen molar-refractivity contribution >= 4 is 52.1 Å². The molecule has 3 rings (SSSR count). The van der Waals surface area contributed by atoms with Crippen molar-refractivity contribution in [3.05, 3.63) is 70.1 Å². The number of carbonyl (C=O) groups excluding carboxylic acids is 3. The molecule has 0 unspecified atom stereocenters. The Morgan fingerprint density at radius 1 is 1.12 bits per heavy atom. The number of thioether (sulfide) groups is 1. The van der Waals surface area contributed by atoms with Crippen molar-refractivity contribution in [2.75, 3.05) is 13.7 Å². The zero-order valence-electron chi connectivity index (χ0n) is 17.7. The molecule has 0 aromatic heterocycles. The Labute approximate surface area is 196 Å². The van der Waals surface area contributed by atoms with Gasteiger partial charge >= 0.3 is 0 Å². The molecule has 1 aliphatic rings. The predicted molar refractivity (Wildman–Crippen MR) is 129 cm³/mol. The number of nitrogens with zero attached hydrogens (tertiary/aromatic N) is 1. The topological polar surface area (TPSA) is 87.7 Å². The van der Waals surface area contributed by atoms with Crippen LogP contribution in [0.15, 0.2) is 53.4 Å². The number of benzene rings is 2. The minimum atomic E-state index is -0.478. The molecule has 0 spiro atoms. The molecule has 1 heterocycles. The Hall–Kier alpha value is -3.17. The lowest BCUT2D eigenvalue weighted by molar-refractivity contribution is -0.124. The van der Waals surface area contributed by atoms with Gasteiger partial charge < -0.3 is 4.74 Å². The number of aryl methyl sites for hydroxylation is 1. The number of hydrogen-bond donors (Lipinski definition) is 2. The summed E-state index contributed by atoms with van der Waals surface area (Å²) in [6.45, 7) is 2.33. The van der Waals surface area contributed by atoms with Gasteiger partial charge in [0.05, 0.1) is 17.6 Å². The number of hydrazine groups is 1. The van der Waals surface area contributed by atoms with Crippen LogP contribution in [0.3, 0.4) is 0 Å². The van der Waals surface area contributed by atoms with E-state index in [9.17, 15) is 14.4 Å². The van der Waals surface area contributed by atoms with Crippen molar-refractivity contribution in [3.63, 3.8) is 0 Å². The Balaban J connectivity index is 1.47. The van der Waals surface area contributed by atoms with E-state index in [1.807, 2.05) is 37.3 Å². The zero-order chi connectivity index (χ0) is 23.1. The van der Waals surface area contributed by atoms with E-state index in [4.69, 9.17) is 17.0 Å². The molecule has 166 valence electrons. The lowest BCUT2D eigenvalue weighted by Crippen LogP contribution is -2.42. The summed E-state index contributed by atoms with van der Waals surface area (Å²) in [7, 11) is 1.47. The van der Waals surface area contributed by atoms with Crippen LogP contribution in [0.25, 0.3) is 6.08 Å². The van der Waals surface area contributed by atoms with Crippen LogP contribution < -0.4 is 15.6 Å². The second-order valence-corrected chi connectivity index (χ2v) is 8.73. The van der Waals surface area contributed by atoms with E-state index < -0.39 is 5.91 Å². The minimum Gasteiger partial charge on any atom is -0.496 e. The van der Waals surface area contributed by atoms with Gasteiger partial charge in [0.2, 0.25) is 5.91 Å². The molecule has 3 amide bonds. The molecule has 2 N–H and O–H groups in total. The molecule has 0 saturated carbocycles. The van der Waals surface area contributed by atoms with Crippen LogP contribution in [-0.4, -0.2) is 40.6 Å². The van der Waals surface area contributed by atoms with E-state index in [2.05, 4.69) is 10.9 Å². The molecule has 32 heavy (non-hydrogen) atoms. The van der Waals surface area contributed by atoms with Crippen LogP contribution in [0.1, 0.15) is 34.3 Å². The third-order valence-electron chi connectivity index (χ3n) is 4.70. The lowest BCUT2D eigenvalue weighted by Gasteiger charge is -2.14. The molecule has 2 aromatic carbocycles. The number of methoxy groups -OCH3 is 1. The summed E-state index contributed by atoms with van der Waals surface area (Å²) < 4.78 is 5.61. The number of para-hydroxylation sites is 1. The normalized spacial score (nSPS) is 14.6. The molecule has 7 nitrogen and oxygen atoms in total. The van der Waals surface area contributed by atoms with Gasteiger partial charge in [0.15, 0.2) is 0 Å². The van der Waals surface area contributed by atoms with Gasteiger partial charge in [-0.2, -0.15) is 0 Å². The summed E-state index contributed by atoms with van der Waals surface area (Å²) in [6, 6.07) is 14.6. The number of thiocarbonyl (C=S) groups is 1. The van der Waals surface area contributed by atoms with Crippen LogP contribution in [0, 0.1) is 6.92 Å². The van der Waals surface area contributed by atoms with Crippen molar-refractivity contribution in [1.82, 2.24) is 15.8 Å². The van der Waals surface area contributed by atoms with Crippen LogP contribution in [0.5, 0.6) is 5.75 Å². The average molecular weight is 470 g/mol. The molecule has 1 fully saturated rings. The molecule has 2 aromatic rings. The van der Waals surface area contributed by atoms with Crippen molar-refractivity contribution < 1.29 is 19.1 Å². The highest BCUT2D eigenvalue weighted by Gasteiger charge is 2.31. The number of rotatable bonds is 7. The van der Waals surface area contributed by atoms with Gasteiger partial charge in [0.1, 0.15) is 10.1 Å². The van der Waals surface area contributed by atoms with Crippen LogP contribution in [-0.2, 0) is 9.59 Å². The first kappa shape index (κ1) is 23.5. The standard InChI is InChI=1S/C23H23N3O4S2/c1-15-9-11-16(12-10-15)14-19-22(29)26(23(31)32-19)13-5-8-20(27)24-25-21(28)17-6-3-4-7-18(17)30-2/h3-4,6-7,9-12,14H,5,8,13H2,1-2H3,(H,24,27)(H,25,28)/b19-14-. The fourth-order valence-electron chi connectivity index (χ4n) is 2.99. The van der Waals surface area contributed by atoms with Gasteiger partial charge in [-0.1, -0.05) is 65.9 Å². The number of carbonyl (C=O) groups is 3. The van der Waals surface area contributed by atoms with Gasteiger partial charge in [0, 0.05) is 13.0 Å². The van der Waals surface area contributed by atoms with Gasteiger partial charge in [-0.3, -0.25) is 30.1 Å². The van der Waals surface area contributed by atoms with Gasteiger partial charge in [-0.05, 0) is 37.1 Å². The maximum atomic E-state index is 12.7. The summed E-state index contributed by atoms with van der Waals surface area (Å²) in [6.07, 6.45) is 2.35. The van der Waals surface area contributed by atoms with Crippen molar-refractivity contribution in [2.24, 2.45) is 0 Å². The first-order valence-electron chi connectivity index (χ1n) is 9.93. The van der Waals surface area contributed by atoms with E-state index >= 15 is 0 Å². The summed E-state index contributed by atoms with van der Waals surface area (Å²) in [5, 5.41) is 0. The predicted octanol–water partition coefficient (Wildman–Crippen LogP) is 3.45. The third-order valence-corrected chi connectivity index (χ3v) is 6.08. The number of amides is 3. The molecule has 0 aliphatic carbocycles. The maximum absolute atomic E-state index is 12.7. The molecule has 1 saturated heterocycles. The van der Waals surface area contributed by atoms with E-state index in [0.29, 0.717) is 33.5 Å². The maximum Gasteiger partial charge on any atom is 0.273 e. The molecule has 0 bridgehead atoms. The highest BCUT2D eigenvalue weighted by atomic mass is 32.2. The molecule has 0 atom stereocenters. The van der Waals surface area contributed by atoms with Crippen molar-refractivity contribution in [3.8, 4) is 5.75 Å². The molecular weight excluding hydrogens is 446 g/mol. The monoisotopic (exact) mass is 469 g/mol. The molecule has 0 radical (unpaired) electrons. The Morgan fingerprint density at radius 2 is 1.84 bits per heavy atom. The Bertz CT molecular complexity index is 1070. The van der Waals surface area contributed by atoms with E-state index in [1.54, 1.807) is 24.3 Å². The average Bonchev–Trinajstić information content (AvgIpc) is 3.06. The van der Waals surface area contributed by atoms with E-state index in [-0.39, 0.29) is 18.2 Å². The Morgan fingerprint density at radius 3 is 2.56 bits per heavy atom. The van der Waals surface area contributed by atoms with Crippen LogP contribution >= 0.6 is 24.0 Å². The van der Waals surface area contributed by atoms with Gasteiger partial charge in [-0.25, -0.2) is 0 Å². The summed E-state index contributed by atoms with van der Waals surface area (Å²) in [5.74, 6) is -0.597. The number of hydrogen-bond acceptors (Lipinski definition) is 6. The second kappa shape index (κ2) is 10.9. The summed E-state index contributed by atoms with van der Waals surface area (Å²) in [4.78, 5) is 39.0. The van der Waals surface area contributed by atoms with Crippen molar-refractivity contribution in [1.29, 1.82) is 0 Å². The van der Waals surface area contributed by atoms with Crippen LogP contribution in [0.4, 0.5) is 0 Å². The summed E-state index contributed by atoms with van der Waals surface area (Å²) in [5.41, 5.74) is 7.14. The first-order chi connectivity index (χ1) is 15.4. The zero-order valence-corrected chi connectivity index (χ0v) is 19.3. The fraction of sp³-hybridized carbons (Fsp3) is 0.217. The van der Waals surface area contributed by atoms with E-state index in [0.717, 1.165) is 11.1 Å². The SMILES string of the molecule is COc1ccccc1C(=O)NNC(=O)CCCN1C(=O)/C(=C/c2ccc(C)cc2)SC1=S. The third kappa shape index (κ3) is 5.95. The lowest BCUT2D eigenvalue weighted by atomic mass is 10.1. The molecular formula is C23H23N3O4S2. The summed E-state index contributed by atoms with van der Waals surface area (Å²) >= 11 is 6.59. The van der Waals surface area contributed by atoms with Gasteiger partial charge in [-0.15, -0.1) is 0 Å². The largest absolute Gasteiger partial charge is 0.496 e. The number of ether oxygens (including phenoxy) is 1. The van der Waals surface area contributed by atoms with Crippen LogP contribution in [0.2, 0.25) is 0 Å².